The van der Waals surface area contributed by atoms with Crippen molar-refractivity contribution in [2.45, 2.75) is 25.7 Å². The van der Waals surface area contributed by atoms with Gasteiger partial charge in [0.2, 0.25) is 11.8 Å². The maximum Gasteiger partial charge on any atom is 0.303 e. The lowest BCUT2D eigenvalue weighted by atomic mass is 10.3. The van der Waals surface area contributed by atoms with Gasteiger partial charge in [-0.1, -0.05) is 0 Å². The first-order valence-electron chi connectivity index (χ1n) is 4.29. The zero-order valence-corrected chi connectivity index (χ0v) is 7.78. The minimum atomic E-state index is -0.996. The molecule has 1 rings (SSSR count). The average Bonchev–Trinajstić information content (AvgIpc) is 2.53. The molecule has 80 valence electrons. The third-order valence-corrected chi connectivity index (χ3v) is 1.49. The number of rotatable bonds is 3. The molecule has 0 radical (unpaired) electrons. The van der Waals surface area contributed by atoms with Gasteiger partial charge in [-0.25, -0.2) is 0 Å². The normalized spacial score (nSPS) is 13.9. The van der Waals surface area contributed by atoms with E-state index in [2.05, 4.69) is 11.1 Å². The van der Waals surface area contributed by atoms with Gasteiger partial charge in [-0.3, -0.25) is 14.4 Å². The second-order valence-corrected chi connectivity index (χ2v) is 2.81. The lowest BCUT2D eigenvalue weighted by Crippen LogP contribution is -2.12. The van der Waals surface area contributed by atoms with Crippen LogP contribution in [0, 0.1) is 0 Å². The molecule has 6 heteroatoms. The monoisotopic (exact) mass is 202 g/mol. The summed E-state index contributed by atoms with van der Waals surface area (Å²) in [5.41, 5.74) is 4.64. The van der Waals surface area contributed by atoms with E-state index in [0.29, 0.717) is 0 Å². The van der Waals surface area contributed by atoms with E-state index < -0.39 is 11.9 Å². The Morgan fingerprint density at radius 1 is 1.43 bits per heavy atom. The van der Waals surface area contributed by atoms with Gasteiger partial charge < -0.3 is 16.2 Å². The fourth-order valence-electron chi connectivity index (χ4n) is 0.795. The van der Waals surface area contributed by atoms with Crippen LogP contribution in [-0.2, 0) is 14.4 Å². The van der Waals surface area contributed by atoms with E-state index in [1.807, 2.05) is 0 Å². The number of nitrogens with two attached hydrogens (primary N) is 1. The summed E-state index contributed by atoms with van der Waals surface area (Å²) in [6.07, 6.45) is 1.52. The fraction of sp³-hybridized carbons (Fsp3) is 0.625. The summed E-state index contributed by atoms with van der Waals surface area (Å²) < 4.78 is 0. The standard InChI is InChI=1S/C4H7NO3.C4H7NO/c5-3(6)1-2-4(7)8;6-4-2-1-3-5-4/h1-2H2,(H2,5,6)(H,7,8);1-3H2,(H,5,6). The molecule has 6 nitrogen and oxygen atoms in total. The summed E-state index contributed by atoms with van der Waals surface area (Å²) in [6.45, 7) is 0.888. The quantitative estimate of drug-likeness (QED) is 0.558. The molecular weight excluding hydrogens is 188 g/mol. The highest BCUT2D eigenvalue weighted by Crippen LogP contribution is 1.93. The van der Waals surface area contributed by atoms with Crippen molar-refractivity contribution >= 4 is 17.8 Å². The number of primary amides is 1. The Hall–Kier alpha value is -1.59. The Morgan fingerprint density at radius 2 is 2.07 bits per heavy atom. The van der Waals surface area contributed by atoms with Gasteiger partial charge in [0.05, 0.1) is 6.42 Å². The van der Waals surface area contributed by atoms with Gasteiger partial charge in [-0.2, -0.15) is 0 Å². The van der Waals surface area contributed by atoms with Crippen LogP contribution in [0.2, 0.25) is 0 Å². The first kappa shape index (κ1) is 12.4. The molecule has 0 aromatic carbocycles. The van der Waals surface area contributed by atoms with E-state index in [1.165, 1.54) is 0 Å². The largest absolute Gasteiger partial charge is 0.481 e. The van der Waals surface area contributed by atoms with E-state index in [1.54, 1.807) is 0 Å². The Labute approximate surface area is 81.5 Å². The van der Waals surface area contributed by atoms with Gasteiger partial charge in [0.15, 0.2) is 0 Å². The van der Waals surface area contributed by atoms with Gasteiger partial charge in [0.25, 0.3) is 0 Å². The summed E-state index contributed by atoms with van der Waals surface area (Å²) in [5, 5.41) is 10.6. The number of carboxylic acids is 1. The van der Waals surface area contributed by atoms with E-state index in [-0.39, 0.29) is 18.7 Å². The van der Waals surface area contributed by atoms with Gasteiger partial charge in [-0.15, -0.1) is 0 Å². The highest BCUT2D eigenvalue weighted by atomic mass is 16.4. The van der Waals surface area contributed by atoms with Crippen LogP contribution in [0.1, 0.15) is 25.7 Å². The molecule has 14 heavy (non-hydrogen) atoms. The van der Waals surface area contributed by atoms with E-state index in [4.69, 9.17) is 5.11 Å². The summed E-state index contributed by atoms with van der Waals surface area (Å²) in [7, 11) is 0. The molecule has 1 fully saturated rings. The number of carboxylic acid groups (broad SMARTS) is 1. The van der Waals surface area contributed by atoms with Crippen LogP contribution in [0.5, 0.6) is 0 Å². The predicted octanol–water partition coefficient (Wildman–Crippen LogP) is -0.767. The summed E-state index contributed by atoms with van der Waals surface area (Å²) in [5.74, 6) is -1.37. The van der Waals surface area contributed by atoms with Crippen LogP contribution in [-0.4, -0.2) is 29.4 Å². The van der Waals surface area contributed by atoms with Crippen LogP contribution < -0.4 is 11.1 Å². The fourth-order valence-corrected chi connectivity index (χ4v) is 0.795. The highest BCUT2D eigenvalue weighted by Gasteiger charge is 2.05. The topological polar surface area (TPSA) is 109 Å². The molecule has 0 bridgehead atoms. The van der Waals surface area contributed by atoms with Crippen molar-refractivity contribution in [1.82, 2.24) is 5.32 Å². The van der Waals surface area contributed by atoms with Crippen molar-refractivity contribution in [2.24, 2.45) is 5.73 Å². The van der Waals surface area contributed by atoms with E-state index in [9.17, 15) is 14.4 Å². The predicted molar refractivity (Wildman–Crippen MR) is 48.3 cm³/mol. The molecule has 2 amide bonds. The molecule has 0 spiro atoms. The zero-order valence-electron chi connectivity index (χ0n) is 7.78. The summed E-state index contributed by atoms with van der Waals surface area (Å²) >= 11 is 0. The number of hydrogen-bond acceptors (Lipinski definition) is 3. The lowest BCUT2D eigenvalue weighted by molar-refractivity contribution is -0.138. The van der Waals surface area contributed by atoms with Gasteiger partial charge in [-0.05, 0) is 6.42 Å². The van der Waals surface area contributed by atoms with Crippen LogP contribution in [0.3, 0.4) is 0 Å². The number of nitrogens with one attached hydrogen (secondary N) is 1. The molecule has 0 aromatic heterocycles. The zero-order chi connectivity index (χ0) is 11.0. The molecule has 1 aliphatic heterocycles. The van der Waals surface area contributed by atoms with E-state index in [0.717, 1.165) is 19.4 Å². The second-order valence-electron chi connectivity index (χ2n) is 2.81. The van der Waals surface area contributed by atoms with Gasteiger partial charge >= 0.3 is 5.97 Å². The van der Waals surface area contributed by atoms with Crippen LogP contribution in [0.4, 0.5) is 0 Å². The number of amides is 2. The molecule has 0 unspecified atom stereocenters. The molecular formula is C8H14N2O4. The van der Waals surface area contributed by atoms with Crippen molar-refractivity contribution in [3.8, 4) is 0 Å². The lowest BCUT2D eigenvalue weighted by Gasteiger charge is -1.86. The van der Waals surface area contributed by atoms with Crippen molar-refractivity contribution in [3.05, 3.63) is 0 Å². The second kappa shape index (κ2) is 6.88. The maximum atomic E-state index is 10.1. The summed E-state index contributed by atoms with van der Waals surface area (Å²) in [4.78, 5) is 29.7. The average molecular weight is 202 g/mol. The molecule has 1 aliphatic rings. The van der Waals surface area contributed by atoms with Crippen molar-refractivity contribution in [2.75, 3.05) is 6.54 Å². The Kier molecular flexibility index (Phi) is 6.09. The molecule has 1 saturated heterocycles. The third-order valence-electron chi connectivity index (χ3n) is 1.49. The first-order chi connectivity index (χ1) is 6.52. The Balaban J connectivity index is 0.000000249. The number of carbonyl (C=O) groups excluding carboxylic acids is 2. The molecule has 1 heterocycles. The number of aliphatic carboxylic acids is 1. The Morgan fingerprint density at radius 3 is 2.21 bits per heavy atom. The molecule has 0 aliphatic carbocycles. The number of hydrogen-bond donors (Lipinski definition) is 3. The molecule has 0 atom stereocenters. The third kappa shape index (κ3) is 8.51. The van der Waals surface area contributed by atoms with Crippen LogP contribution >= 0.6 is 0 Å². The summed E-state index contributed by atoms with van der Waals surface area (Å²) in [6, 6.07) is 0. The van der Waals surface area contributed by atoms with Crippen LogP contribution in [0.25, 0.3) is 0 Å². The van der Waals surface area contributed by atoms with Crippen LogP contribution in [0.15, 0.2) is 0 Å². The molecule has 4 N–H and O–H groups in total. The van der Waals surface area contributed by atoms with E-state index >= 15 is 0 Å². The smallest absolute Gasteiger partial charge is 0.303 e. The van der Waals surface area contributed by atoms with Gasteiger partial charge in [0, 0.05) is 19.4 Å². The SMILES string of the molecule is NC(=O)CCC(=O)O.O=C1CCCN1. The minimum Gasteiger partial charge on any atom is -0.481 e. The van der Waals surface area contributed by atoms with Crippen molar-refractivity contribution in [3.63, 3.8) is 0 Å². The maximum absolute atomic E-state index is 10.1. The Bertz CT molecular complexity index is 205. The van der Waals surface area contributed by atoms with Crippen molar-refractivity contribution in [1.29, 1.82) is 0 Å². The molecule has 0 aromatic rings. The minimum absolute atomic E-state index is 0.0741. The molecule has 0 saturated carbocycles. The van der Waals surface area contributed by atoms with Crippen molar-refractivity contribution < 1.29 is 19.5 Å². The number of carbonyl (C=O) groups is 3. The van der Waals surface area contributed by atoms with Gasteiger partial charge in [0.1, 0.15) is 0 Å². The first-order valence-corrected chi connectivity index (χ1v) is 4.29. The highest BCUT2D eigenvalue weighted by molar-refractivity contribution is 5.79.